The zero-order chi connectivity index (χ0) is 28.9. The van der Waals surface area contributed by atoms with Crippen LogP contribution in [0.2, 0.25) is 0 Å². The fraction of sp³-hybridized carbons (Fsp3) is 0.161. The first-order chi connectivity index (χ1) is 19.8. The Morgan fingerprint density at radius 3 is 1.66 bits per heavy atom. The Kier molecular flexibility index (Phi) is 7.93. The number of hydrogen-bond donors (Lipinski definition) is 5. The number of rotatable bonds is 8. The van der Waals surface area contributed by atoms with Crippen LogP contribution in [0, 0.1) is 0 Å². The van der Waals surface area contributed by atoms with Crippen LogP contribution in [0.3, 0.4) is 0 Å². The average Bonchev–Trinajstić information content (AvgIpc) is 3.49. The predicted octanol–water partition coefficient (Wildman–Crippen LogP) is 4.41. The number of nitrogens with one attached hydrogen (secondary N) is 3. The monoisotopic (exact) mass is 552 g/mol. The van der Waals surface area contributed by atoms with Crippen molar-refractivity contribution in [3.63, 3.8) is 0 Å². The summed E-state index contributed by atoms with van der Waals surface area (Å²) in [5.41, 5.74) is 3.38. The first-order valence-electron chi connectivity index (χ1n) is 13.1. The summed E-state index contributed by atoms with van der Waals surface area (Å²) in [6.07, 6.45) is 1.22. The van der Waals surface area contributed by atoms with E-state index in [0.717, 1.165) is 31.6 Å². The van der Waals surface area contributed by atoms with Gasteiger partial charge in [0.05, 0.1) is 6.10 Å². The molecule has 0 aliphatic carbocycles. The second-order valence-electron chi connectivity index (χ2n) is 9.75. The fourth-order valence-electron chi connectivity index (χ4n) is 4.58. The van der Waals surface area contributed by atoms with Gasteiger partial charge in [0.15, 0.2) is 5.78 Å². The van der Waals surface area contributed by atoms with E-state index in [1.54, 1.807) is 60.7 Å². The van der Waals surface area contributed by atoms with Gasteiger partial charge in [-0.25, -0.2) is 4.79 Å². The Hall–Kier alpha value is -5.22. The molecule has 0 radical (unpaired) electrons. The molecular weight excluding hydrogens is 524 g/mol. The molecule has 5 N–H and O–H groups in total. The van der Waals surface area contributed by atoms with E-state index in [1.807, 2.05) is 12.1 Å². The topological polar surface area (TPSA) is 152 Å². The number of carboxylic acid groups (broad SMARTS) is 1. The minimum Gasteiger partial charge on any atom is -0.477 e. The lowest BCUT2D eigenvalue weighted by molar-refractivity contribution is 0.0690. The van der Waals surface area contributed by atoms with E-state index in [2.05, 4.69) is 20.5 Å². The molecule has 1 aliphatic rings. The smallest absolute Gasteiger partial charge is 0.352 e. The van der Waals surface area contributed by atoms with E-state index < -0.39 is 11.9 Å². The molecule has 0 unspecified atom stereocenters. The third-order valence-corrected chi connectivity index (χ3v) is 6.93. The average molecular weight is 553 g/mol. The number of benzene rings is 3. The van der Waals surface area contributed by atoms with Crippen LogP contribution < -0.4 is 15.5 Å². The number of carbonyl (C=O) groups excluding carboxylic acids is 3. The number of H-pyrrole nitrogens is 1. The number of carbonyl (C=O) groups is 4. The Bertz CT molecular complexity index is 1570. The number of piperidine rings is 1. The number of amides is 2. The van der Waals surface area contributed by atoms with Crippen molar-refractivity contribution in [1.29, 1.82) is 0 Å². The molecule has 1 aliphatic heterocycles. The van der Waals surface area contributed by atoms with Gasteiger partial charge in [0, 0.05) is 46.8 Å². The van der Waals surface area contributed by atoms with Gasteiger partial charge in [-0.15, -0.1) is 0 Å². The van der Waals surface area contributed by atoms with Crippen LogP contribution in [-0.4, -0.2) is 58.0 Å². The van der Waals surface area contributed by atoms with Gasteiger partial charge in [0.1, 0.15) is 11.4 Å². The lowest BCUT2D eigenvalue weighted by Gasteiger charge is -2.31. The van der Waals surface area contributed by atoms with E-state index in [0.29, 0.717) is 28.1 Å². The van der Waals surface area contributed by atoms with E-state index in [1.165, 1.54) is 12.1 Å². The molecule has 0 atom stereocenters. The minimum atomic E-state index is -1.16. The summed E-state index contributed by atoms with van der Waals surface area (Å²) >= 11 is 0. The molecular formula is C31H28N4O6. The number of aliphatic hydroxyl groups excluding tert-OH is 1. The third-order valence-electron chi connectivity index (χ3n) is 6.93. The first-order valence-corrected chi connectivity index (χ1v) is 13.1. The molecule has 10 heteroatoms. The number of hydrogen-bond acceptors (Lipinski definition) is 6. The highest BCUT2D eigenvalue weighted by atomic mass is 16.4. The Labute approximate surface area is 235 Å². The lowest BCUT2D eigenvalue weighted by Crippen LogP contribution is -2.35. The fourth-order valence-corrected chi connectivity index (χ4v) is 4.58. The van der Waals surface area contributed by atoms with Crippen LogP contribution in [0.25, 0.3) is 0 Å². The van der Waals surface area contributed by atoms with Crippen LogP contribution in [-0.2, 0) is 0 Å². The normalized spacial score (nSPS) is 13.4. The lowest BCUT2D eigenvalue weighted by atomic mass is 10.0. The van der Waals surface area contributed by atoms with Crippen molar-refractivity contribution in [1.82, 2.24) is 4.98 Å². The number of aliphatic hydroxyl groups is 1. The molecule has 2 heterocycles. The molecule has 41 heavy (non-hydrogen) atoms. The Morgan fingerprint density at radius 1 is 0.659 bits per heavy atom. The molecule has 208 valence electrons. The highest BCUT2D eigenvalue weighted by Gasteiger charge is 2.18. The van der Waals surface area contributed by atoms with Crippen molar-refractivity contribution >= 4 is 40.6 Å². The van der Waals surface area contributed by atoms with Gasteiger partial charge in [-0.1, -0.05) is 0 Å². The van der Waals surface area contributed by atoms with Crippen molar-refractivity contribution in [3.8, 4) is 0 Å². The number of aromatic nitrogens is 1. The van der Waals surface area contributed by atoms with Crippen molar-refractivity contribution in [2.75, 3.05) is 28.6 Å². The van der Waals surface area contributed by atoms with E-state index >= 15 is 0 Å². The second-order valence-corrected chi connectivity index (χ2v) is 9.75. The van der Waals surface area contributed by atoms with Crippen LogP contribution in [0.5, 0.6) is 0 Å². The molecule has 10 nitrogen and oxygen atoms in total. The molecule has 0 saturated carbocycles. The maximum atomic E-state index is 13.0. The minimum absolute atomic E-state index is 0.0913. The van der Waals surface area contributed by atoms with Crippen LogP contribution in [0.1, 0.15) is 60.1 Å². The highest BCUT2D eigenvalue weighted by molar-refractivity contribution is 6.10. The van der Waals surface area contributed by atoms with Crippen LogP contribution >= 0.6 is 0 Å². The summed E-state index contributed by atoms with van der Waals surface area (Å²) in [6, 6.07) is 22.9. The van der Waals surface area contributed by atoms with Gasteiger partial charge in [-0.2, -0.15) is 0 Å². The van der Waals surface area contributed by atoms with Crippen LogP contribution in [0.15, 0.2) is 84.9 Å². The summed E-state index contributed by atoms with van der Waals surface area (Å²) in [6.45, 7) is 1.56. The van der Waals surface area contributed by atoms with Gasteiger partial charge in [-0.05, 0) is 97.8 Å². The van der Waals surface area contributed by atoms with E-state index in [9.17, 15) is 24.3 Å². The summed E-state index contributed by atoms with van der Waals surface area (Å²) in [5.74, 6) is -2.16. The number of aromatic amines is 1. The standard InChI is InChI=1S/C31H28N4O6/c36-25-15-17-35(18-16-25)24-11-5-21(6-12-24)29(38)32-22-7-1-19(2-8-22)28(37)20-3-9-23(10-4-20)33-30(39)26-13-14-27(34-26)31(40)41/h1-14,25,34,36H,15-18H2,(H,32,38)(H,33,39)(H,40,41). The molecule has 0 spiro atoms. The van der Waals surface area contributed by atoms with Gasteiger partial charge in [0.25, 0.3) is 11.8 Å². The SMILES string of the molecule is O=C(Nc1ccc(C(=O)c2ccc(NC(=O)c3ccc(C(=O)O)[nH]3)cc2)cc1)c1ccc(N2CCC(O)CC2)cc1. The zero-order valence-electron chi connectivity index (χ0n) is 22.0. The van der Waals surface area contributed by atoms with Gasteiger partial charge >= 0.3 is 5.97 Å². The quantitative estimate of drug-likeness (QED) is 0.203. The van der Waals surface area contributed by atoms with Crippen molar-refractivity contribution in [2.45, 2.75) is 18.9 Å². The summed E-state index contributed by atoms with van der Waals surface area (Å²) in [5, 5.41) is 24.2. The number of carboxylic acids is 1. The Balaban J connectivity index is 1.16. The molecule has 4 aromatic rings. The summed E-state index contributed by atoms with van der Waals surface area (Å²) in [7, 11) is 0. The third kappa shape index (κ3) is 6.51. The molecule has 5 rings (SSSR count). The second kappa shape index (κ2) is 11.9. The number of anilines is 3. The van der Waals surface area contributed by atoms with E-state index in [4.69, 9.17) is 5.11 Å². The largest absolute Gasteiger partial charge is 0.477 e. The molecule has 1 saturated heterocycles. The highest BCUT2D eigenvalue weighted by Crippen LogP contribution is 2.22. The van der Waals surface area contributed by atoms with Crippen LogP contribution in [0.4, 0.5) is 17.1 Å². The maximum Gasteiger partial charge on any atom is 0.352 e. The molecule has 2 amide bonds. The molecule has 0 bridgehead atoms. The molecule has 1 aromatic heterocycles. The van der Waals surface area contributed by atoms with Crippen molar-refractivity contribution in [3.05, 3.63) is 113 Å². The number of nitrogens with zero attached hydrogens (tertiary/aromatic N) is 1. The Morgan fingerprint density at radius 2 is 1.15 bits per heavy atom. The van der Waals surface area contributed by atoms with Crippen molar-refractivity contribution < 1.29 is 29.4 Å². The zero-order valence-corrected chi connectivity index (χ0v) is 22.0. The maximum absolute atomic E-state index is 13.0. The van der Waals surface area contributed by atoms with E-state index in [-0.39, 0.29) is 29.2 Å². The molecule has 1 fully saturated rings. The number of aromatic carboxylic acids is 1. The number of ketones is 1. The van der Waals surface area contributed by atoms with Crippen molar-refractivity contribution in [2.24, 2.45) is 0 Å². The van der Waals surface area contributed by atoms with Gasteiger partial charge in [0.2, 0.25) is 0 Å². The predicted molar refractivity (Wildman–Crippen MR) is 154 cm³/mol. The summed E-state index contributed by atoms with van der Waals surface area (Å²) < 4.78 is 0. The first kappa shape index (κ1) is 27.4. The molecule has 3 aromatic carbocycles. The summed E-state index contributed by atoms with van der Waals surface area (Å²) in [4.78, 5) is 53.7. The van der Waals surface area contributed by atoms with Gasteiger partial charge in [-0.3, -0.25) is 14.4 Å². The van der Waals surface area contributed by atoms with Gasteiger partial charge < -0.3 is 30.7 Å².